The summed E-state index contributed by atoms with van der Waals surface area (Å²) < 4.78 is 5.19. The number of carbonyl (C=O) groups excluding carboxylic acids is 4. The van der Waals surface area contributed by atoms with Gasteiger partial charge in [0.2, 0.25) is 17.7 Å². The third-order valence-electron chi connectivity index (χ3n) is 6.10. The van der Waals surface area contributed by atoms with E-state index in [-0.39, 0.29) is 26.1 Å². The minimum atomic E-state index is -1.53. The molecule has 10 heteroatoms. The summed E-state index contributed by atoms with van der Waals surface area (Å²) in [6.07, 6.45) is -2.02. The van der Waals surface area contributed by atoms with Crippen LogP contribution in [0.5, 0.6) is 5.75 Å². The van der Waals surface area contributed by atoms with Crippen molar-refractivity contribution >= 4 is 23.6 Å². The highest BCUT2D eigenvalue weighted by Gasteiger charge is 2.30. The maximum Gasteiger partial charge on any atom is 0.250 e. The average molecular weight is 547 g/mol. The monoisotopic (exact) mass is 546 g/mol. The van der Waals surface area contributed by atoms with Crippen LogP contribution in [-0.4, -0.2) is 59.4 Å². The number of nitrogens with one attached hydrogen (secondary N) is 2. The minimum Gasteiger partial charge on any atom is -0.497 e. The summed E-state index contributed by atoms with van der Waals surface area (Å²) in [6, 6.07) is 24.2. The normalized spacial score (nSPS) is 12.1. The van der Waals surface area contributed by atoms with E-state index in [0.717, 1.165) is 16.7 Å². The molecule has 0 fully saturated rings. The van der Waals surface area contributed by atoms with E-state index in [1.165, 1.54) is 12.0 Å². The second kappa shape index (κ2) is 15.0. The topological polar surface area (TPSA) is 151 Å². The number of hydrogen-bond donors (Lipinski definition) is 4. The fraction of sp³-hybridized carbons (Fsp3) is 0.267. The van der Waals surface area contributed by atoms with Crippen molar-refractivity contribution in [2.75, 3.05) is 13.7 Å². The first-order valence-corrected chi connectivity index (χ1v) is 12.8. The lowest BCUT2D eigenvalue weighted by atomic mass is 10.0. The fourth-order valence-electron chi connectivity index (χ4n) is 4.05. The van der Waals surface area contributed by atoms with Crippen molar-refractivity contribution in [2.45, 2.75) is 38.1 Å². The van der Waals surface area contributed by atoms with Crippen molar-refractivity contribution in [1.29, 1.82) is 0 Å². The van der Waals surface area contributed by atoms with Gasteiger partial charge in [0.1, 0.15) is 24.3 Å². The number of nitrogens with zero attached hydrogens (tertiary/aromatic N) is 1. The van der Waals surface area contributed by atoms with Crippen LogP contribution in [0, 0.1) is 0 Å². The lowest BCUT2D eigenvalue weighted by Gasteiger charge is -2.29. The van der Waals surface area contributed by atoms with E-state index in [4.69, 9.17) is 10.5 Å². The summed E-state index contributed by atoms with van der Waals surface area (Å²) in [7, 11) is 1.54. The Morgan fingerprint density at radius 2 is 1.48 bits per heavy atom. The minimum absolute atomic E-state index is 0.0769. The molecule has 3 aromatic rings. The van der Waals surface area contributed by atoms with Gasteiger partial charge in [-0.05, 0) is 28.8 Å². The van der Waals surface area contributed by atoms with Crippen LogP contribution < -0.4 is 21.1 Å². The molecule has 0 aliphatic heterocycles. The highest BCUT2D eigenvalue weighted by atomic mass is 16.5. The predicted molar refractivity (Wildman–Crippen MR) is 149 cm³/mol. The molecule has 0 radical (unpaired) electrons. The van der Waals surface area contributed by atoms with E-state index in [0.29, 0.717) is 5.75 Å². The SMILES string of the molecule is COc1ccc(C[C@H](NC(=O)CC(N)=O)C(=O)N(Cc2ccccc2)C[C@H](O)C(=O)NCc2ccccc2)cc1. The van der Waals surface area contributed by atoms with Crippen LogP contribution in [-0.2, 0) is 38.7 Å². The van der Waals surface area contributed by atoms with Crippen LogP contribution in [0.3, 0.4) is 0 Å². The smallest absolute Gasteiger partial charge is 0.250 e. The summed E-state index contributed by atoms with van der Waals surface area (Å²) >= 11 is 0. The quantitative estimate of drug-likeness (QED) is 0.224. The lowest BCUT2D eigenvalue weighted by Crippen LogP contribution is -2.53. The summed E-state index contributed by atoms with van der Waals surface area (Å²) in [5.74, 6) is -2.09. The molecule has 10 nitrogen and oxygen atoms in total. The van der Waals surface area contributed by atoms with Crippen molar-refractivity contribution in [3.63, 3.8) is 0 Å². The molecule has 210 valence electrons. The number of nitrogens with two attached hydrogens (primary N) is 1. The molecule has 0 aromatic heterocycles. The van der Waals surface area contributed by atoms with Gasteiger partial charge in [-0.15, -0.1) is 0 Å². The molecule has 0 aliphatic carbocycles. The van der Waals surface area contributed by atoms with Gasteiger partial charge in [0.15, 0.2) is 0 Å². The van der Waals surface area contributed by atoms with Crippen molar-refractivity contribution in [2.24, 2.45) is 5.73 Å². The highest BCUT2D eigenvalue weighted by molar-refractivity contribution is 5.98. The van der Waals surface area contributed by atoms with Gasteiger partial charge in [0, 0.05) is 19.5 Å². The van der Waals surface area contributed by atoms with Gasteiger partial charge >= 0.3 is 0 Å². The zero-order valence-electron chi connectivity index (χ0n) is 22.3. The molecule has 0 saturated heterocycles. The van der Waals surface area contributed by atoms with Crippen LogP contribution in [0.2, 0.25) is 0 Å². The van der Waals surface area contributed by atoms with Gasteiger partial charge in [-0.1, -0.05) is 72.8 Å². The maximum atomic E-state index is 13.9. The zero-order valence-corrected chi connectivity index (χ0v) is 22.3. The molecule has 40 heavy (non-hydrogen) atoms. The first-order chi connectivity index (χ1) is 19.2. The van der Waals surface area contributed by atoms with Gasteiger partial charge < -0.3 is 31.1 Å². The number of aliphatic hydroxyl groups excluding tert-OH is 1. The molecule has 0 aliphatic rings. The Balaban J connectivity index is 1.81. The Morgan fingerprint density at radius 3 is 2.05 bits per heavy atom. The molecule has 0 spiro atoms. The third kappa shape index (κ3) is 9.55. The molecular weight excluding hydrogens is 512 g/mol. The van der Waals surface area contributed by atoms with E-state index in [9.17, 15) is 24.3 Å². The van der Waals surface area contributed by atoms with E-state index in [1.807, 2.05) is 60.7 Å². The first-order valence-electron chi connectivity index (χ1n) is 12.8. The molecule has 3 aromatic carbocycles. The Hall–Kier alpha value is -4.70. The number of rotatable bonds is 14. The predicted octanol–water partition coefficient (Wildman–Crippen LogP) is 1.30. The molecule has 0 heterocycles. The van der Waals surface area contributed by atoms with Gasteiger partial charge in [-0.3, -0.25) is 19.2 Å². The van der Waals surface area contributed by atoms with Gasteiger partial charge in [0.05, 0.1) is 13.7 Å². The largest absolute Gasteiger partial charge is 0.497 e. The van der Waals surface area contributed by atoms with Crippen LogP contribution in [0.15, 0.2) is 84.9 Å². The van der Waals surface area contributed by atoms with Crippen LogP contribution in [0.25, 0.3) is 0 Å². The molecule has 0 bridgehead atoms. The fourth-order valence-corrected chi connectivity index (χ4v) is 4.05. The van der Waals surface area contributed by atoms with Gasteiger partial charge in [-0.2, -0.15) is 0 Å². The van der Waals surface area contributed by atoms with Crippen molar-refractivity contribution in [3.05, 3.63) is 102 Å². The van der Waals surface area contributed by atoms with Crippen molar-refractivity contribution in [1.82, 2.24) is 15.5 Å². The Labute approximate surface area is 233 Å². The molecule has 0 saturated carbocycles. The Bertz CT molecular complexity index is 1270. The van der Waals surface area contributed by atoms with Gasteiger partial charge in [-0.25, -0.2) is 0 Å². The molecule has 3 rings (SSSR count). The maximum absolute atomic E-state index is 13.9. The van der Waals surface area contributed by atoms with Crippen LogP contribution >= 0.6 is 0 Å². The standard InChI is InChI=1S/C30H34N4O6/c1-40-24-14-12-21(13-15-24)16-25(33-28(37)17-27(31)36)30(39)34(19-23-10-6-3-7-11-23)20-26(35)29(38)32-18-22-8-4-2-5-9-22/h2-15,25-26,35H,16-20H2,1H3,(H2,31,36)(H,32,38)(H,33,37)/t25-,26-/m0/s1. The number of hydrogen-bond acceptors (Lipinski definition) is 6. The van der Waals surface area contributed by atoms with E-state index in [1.54, 1.807) is 24.3 Å². The molecule has 0 unspecified atom stereocenters. The molecule has 4 amide bonds. The number of primary amides is 1. The van der Waals surface area contributed by atoms with Crippen molar-refractivity contribution in [3.8, 4) is 5.75 Å². The number of aliphatic hydroxyl groups is 1. The van der Waals surface area contributed by atoms with Crippen molar-refractivity contribution < 1.29 is 29.0 Å². The van der Waals surface area contributed by atoms with Gasteiger partial charge in [0.25, 0.3) is 5.91 Å². The lowest BCUT2D eigenvalue weighted by molar-refractivity contribution is -0.141. The average Bonchev–Trinajstić information content (AvgIpc) is 2.95. The zero-order chi connectivity index (χ0) is 28.9. The number of amides is 4. The molecular formula is C30H34N4O6. The number of methoxy groups -OCH3 is 1. The second-order valence-corrected chi connectivity index (χ2v) is 9.24. The van der Waals surface area contributed by atoms with E-state index in [2.05, 4.69) is 10.6 Å². The van der Waals surface area contributed by atoms with E-state index < -0.39 is 42.2 Å². The Morgan fingerprint density at radius 1 is 0.875 bits per heavy atom. The third-order valence-corrected chi connectivity index (χ3v) is 6.10. The summed E-state index contributed by atoms with van der Waals surface area (Å²) in [5, 5.41) is 16.0. The summed E-state index contributed by atoms with van der Waals surface area (Å²) in [4.78, 5) is 51.7. The molecule has 5 N–H and O–H groups in total. The summed E-state index contributed by atoms with van der Waals surface area (Å²) in [6.45, 7) is -0.0285. The van der Waals surface area contributed by atoms with E-state index >= 15 is 0 Å². The molecule has 2 atom stereocenters. The second-order valence-electron chi connectivity index (χ2n) is 9.24. The number of carbonyl (C=O) groups is 4. The number of benzene rings is 3. The van der Waals surface area contributed by atoms with Crippen LogP contribution in [0.4, 0.5) is 0 Å². The summed E-state index contributed by atoms with van der Waals surface area (Å²) in [5.41, 5.74) is 7.52. The van der Waals surface area contributed by atoms with Crippen LogP contribution in [0.1, 0.15) is 23.1 Å². The number of ether oxygens (including phenoxy) is 1. The highest BCUT2D eigenvalue weighted by Crippen LogP contribution is 2.15. The Kier molecular flexibility index (Phi) is 11.2. The first kappa shape index (κ1) is 29.9.